The lowest BCUT2D eigenvalue weighted by molar-refractivity contribution is 0.0952. The molecule has 1 N–H and O–H groups in total. The molecule has 0 aliphatic carbocycles. The van der Waals surface area contributed by atoms with Crippen LogP contribution >= 0.6 is 0 Å². The Balaban J connectivity index is 1.52. The van der Waals surface area contributed by atoms with Crippen molar-refractivity contribution in [3.8, 4) is 17.2 Å². The maximum Gasteiger partial charge on any atom is 0.251 e. The zero-order chi connectivity index (χ0) is 23.8. The van der Waals surface area contributed by atoms with Crippen LogP contribution in [0.15, 0.2) is 48.6 Å². The van der Waals surface area contributed by atoms with Gasteiger partial charge < -0.3 is 24.1 Å². The fraction of sp³-hybridized carbons (Fsp3) is 0.385. The van der Waals surface area contributed by atoms with E-state index < -0.39 is 0 Å². The van der Waals surface area contributed by atoms with Gasteiger partial charge in [-0.05, 0) is 44.0 Å². The molecule has 0 radical (unpaired) electrons. The number of methoxy groups -OCH3 is 3. The molecule has 2 aromatic carbocycles. The van der Waals surface area contributed by atoms with Crippen molar-refractivity contribution in [2.75, 3.05) is 27.9 Å². The Morgan fingerprint density at radius 1 is 1.03 bits per heavy atom. The lowest BCUT2D eigenvalue weighted by atomic mass is 10.1. The molecule has 0 atom stereocenters. The number of nitrogens with zero attached hydrogens (tertiary/aromatic N) is 2. The van der Waals surface area contributed by atoms with Gasteiger partial charge in [-0.1, -0.05) is 30.7 Å². The molecule has 1 amide bonds. The summed E-state index contributed by atoms with van der Waals surface area (Å²) in [5.74, 6) is 2.30. The smallest absolute Gasteiger partial charge is 0.251 e. The minimum atomic E-state index is -0.169. The second-order valence-corrected chi connectivity index (χ2v) is 8.04. The third kappa shape index (κ3) is 5.86. The first-order valence-corrected chi connectivity index (χ1v) is 11.1. The molecule has 0 aliphatic heterocycles. The Kier molecular flexibility index (Phi) is 8.35. The number of carbonyl (C=O) groups is 1. The van der Waals surface area contributed by atoms with Gasteiger partial charge in [0.05, 0.1) is 32.4 Å². The molecule has 0 spiro atoms. The number of hydrogen-bond acceptors (Lipinski definition) is 5. The standard InChI is InChI=1S/C26H33N3O4/c1-18(2)17-29-21-12-9-8-11-20(21)28-24(29)13-7-6-10-14-27-26(30)19-15-22(31-3)25(33-5)23(16-19)32-4/h8-9,11-12,15-16H,1,6-7,10,13-14,17H2,2-5H3,(H,27,30). The molecular formula is C26H33N3O4. The van der Waals surface area contributed by atoms with Crippen LogP contribution in [0.4, 0.5) is 0 Å². The summed E-state index contributed by atoms with van der Waals surface area (Å²) in [6.07, 6.45) is 3.77. The largest absolute Gasteiger partial charge is 0.493 e. The summed E-state index contributed by atoms with van der Waals surface area (Å²) >= 11 is 0. The van der Waals surface area contributed by atoms with Gasteiger partial charge in [-0.2, -0.15) is 0 Å². The predicted octanol–water partition coefficient (Wildman–Crippen LogP) is 4.78. The van der Waals surface area contributed by atoms with Crippen LogP contribution in [0.3, 0.4) is 0 Å². The van der Waals surface area contributed by atoms with Gasteiger partial charge >= 0.3 is 0 Å². The van der Waals surface area contributed by atoms with E-state index in [0.717, 1.165) is 54.7 Å². The van der Waals surface area contributed by atoms with Crippen LogP contribution < -0.4 is 19.5 Å². The number of rotatable bonds is 12. The number of nitrogens with one attached hydrogen (secondary N) is 1. The zero-order valence-electron chi connectivity index (χ0n) is 19.9. The average Bonchev–Trinajstić information content (AvgIpc) is 3.16. The summed E-state index contributed by atoms with van der Waals surface area (Å²) < 4.78 is 18.2. The fourth-order valence-corrected chi connectivity index (χ4v) is 3.86. The maximum absolute atomic E-state index is 12.6. The molecule has 1 heterocycles. The first-order chi connectivity index (χ1) is 16.0. The Morgan fingerprint density at radius 2 is 1.73 bits per heavy atom. The summed E-state index contributed by atoms with van der Waals surface area (Å²) in [4.78, 5) is 17.4. The monoisotopic (exact) mass is 451 g/mol. The first kappa shape index (κ1) is 24.2. The molecule has 7 heteroatoms. The number of amides is 1. The first-order valence-electron chi connectivity index (χ1n) is 11.1. The molecule has 0 aliphatic rings. The molecule has 7 nitrogen and oxygen atoms in total. The number of benzene rings is 2. The summed E-state index contributed by atoms with van der Waals surface area (Å²) in [5, 5.41) is 2.97. The summed E-state index contributed by atoms with van der Waals surface area (Å²) in [6.45, 7) is 7.47. The molecule has 3 rings (SSSR count). The van der Waals surface area contributed by atoms with Crippen molar-refractivity contribution in [2.24, 2.45) is 0 Å². The van der Waals surface area contributed by atoms with Crippen LogP contribution in [0, 0.1) is 0 Å². The van der Waals surface area contributed by atoms with Gasteiger partial charge in [-0.3, -0.25) is 4.79 Å². The topological polar surface area (TPSA) is 74.6 Å². The van der Waals surface area contributed by atoms with Gasteiger partial charge in [0.2, 0.25) is 5.75 Å². The van der Waals surface area contributed by atoms with Gasteiger partial charge in [0.1, 0.15) is 5.82 Å². The van der Waals surface area contributed by atoms with Crippen molar-refractivity contribution in [1.82, 2.24) is 14.9 Å². The van der Waals surface area contributed by atoms with E-state index in [9.17, 15) is 4.79 Å². The number of para-hydroxylation sites is 2. The molecule has 0 fully saturated rings. The van der Waals surface area contributed by atoms with E-state index in [0.29, 0.717) is 29.4 Å². The van der Waals surface area contributed by atoms with Gasteiger partial charge in [0, 0.05) is 25.1 Å². The molecular weight excluding hydrogens is 418 g/mol. The minimum absolute atomic E-state index is 0.169. The summed E-state index contributed by atoms with van der Waals surface area (Å²) in [6, 6.07) is 11.5. The van der Waals surface area contributed by atoms with E-state index >= 15 is 0 Å². The highest BCUT2D eigenvalue weighted by atomic mass is 16.5. The van der Waals surface area contributed by atoms with Crippen LogP contribution in [0.25, 0.3) is 11.0 Å². The van der Waals surface area contributed by atoms with Crippen molar-refractivity contribution in [3.05, 3.63) is 59.9 Å². The van der Waals surface area contributed by atoms with Gasteiger partial charge in [0.25, 0.3) is 5.91 Å². The Morgan fingerprint density at radius 3 is 2.36 bits per heavy atom. The minimum Gasteiger partial charge on any atom is -0.493 e. The van der Waals surface area contributed by atoms with E-state index in [1.165, 1.54) is 21.3 Å². The molecule has 0 saturated heterocycles. The number of hydrogen-bond donors (Lipinski definition) is 1. The van der Waals surface area contributed by atoms with Gasteiger partial charge in [-0.15, -0.1) is 0 Å². The van der Waals surface area contributed by atoms with Crippen molar-refractivity contribution >= 4 is 16.9 Å². The van der Waals surface area contributed by atoms with Gasteiger partial charge in [0.15, 0.2) is 11.5 Å². The lowest BCUT2D eigenvalue weighted by Crippen LogP contribution is -2.24. The number of carbonyl (C=O) groups excluding carboxylic acids is 1. The molecule has 3 aromatic rings. The van der Waals surface area contributed by atoms with Crippen LogP contribution in [0.1, 0.15) is 42.4 Å². The Bertz CT molecular complexity index is 1090. The van der Waals surface area contributed by atoms with Crippen LogP contribution in [-0.4, -0.2) is 43.3 Å². The second-order valence-electron chi connectivity index (χ2n) is 8.04. The molecule has 33 heavy (non-hydrogen) atoms. The maximum atomic E-state index is 12.6. The van der Waals surface area contributed by atoms with Crippen molar-refractivity contribution in [3.63, 3.8) is 0 Å². The van der Waals surface area contributed by atoms with Crippen LogP contribution in [0.5, 0.6) is 17.2 Å². The quantitative estimate of drug-likeness (QED) is 0.317. The highest BCUT2D eigenvalue weighted by molar-refractivity contribution is 5.95. The number of aryl methyl sites for hydroxylation is 1. The van der Waals surface area contributed by atoms with Crippen molar-refractivity contribution in [2.45, 2.75) is 39.2 Å². The van der Waals surface area contributed by atoms with Crippen LogP contribution in [0.2, 0.25) is 0 Å². The predicted molar refractivity (Wildman–Crippen MR) is 131 cm³/mol. The third-order valence-electron chi connectivity index (χ3n) is 5.45. The van der Waals surface area contributed by atoms with E-state index in [1.54, 1.807) is 12.1 Å². The lowest BCUT2D eigenvalue weighted by Gasteiger charge is -2.14. The number of unbranched alkanes of at least 4 members (excludes halogenated alkanes) is 2. The highest BCUT2D eigenvalue weighted by Crippen LogP contribution is 2.38. The normalized spacial score (nSPS) is 10.8. The molecule has 0 unspecified atom stereocenters. The molecule has 176 valence electrons. The molecule has 0 bridgehead atoms. The number of imidazole rings is 1. The van der Waals surface area contributed by atoms with Gasteiger partial charge in [-0.25, -0.2) is 4.98 Å². The number of allylic oxidation sites excluding steroid dienone is 1. The average molecular weight is 452 g/mol. The zero-order valence-corrected chi connectivity index (χ0v) is 19.9. The SMILES string of the molecule is C=C(C)Cn1c(CCCCCNC(=O)c2cc(OC)c(OC)c(OC)c2)nc2ccccc21. The fourth-order valence-electron chi connectivity index (χ4n) is 3.86. The Hall–Kier alpha value is -3.48. The molecule has 0 saturated carbocycles. The van der Waals surface area contributed by atoms with E-state index in [2.05, 4.69) is 22.5 Å². The Labute approximate surface area is 195 Å². The van der Waals surface area contributed by atoms with E-state index in [-0.39, 0.29) is 5.91 Å². The van der Waals surface area contributed by atoms with Crippen molar-refractivity contribution in [1.29, 1.82) is 0 Å². The highest BCUT2D eigenvalue weighted by Gasteiger charge is 2.17. The van der Waals surface area contributed by atoms with E-state index in [1.807, 2.05) is 25.1 Å². The summed E-state index contributed by atoms with van der Waals surface area (Å²) in [7, 11) is 4.60. The number of aromatic nitrogens is 2. The second kappa shape index (κ2) is 11.4. The van der Waals surface area contributed by atoms with Crippen molar-refractivity contribution < 1.29 is 19.0 Å². The van der Waals surface area contributed by atoms with Crippen LogP contribution in [-0.2, 0) is 13.0 Å². The number of fused-ring (bicyclic) bond motifs is 1. The number of ether oxygens (including phenoxy) is 3. The third-order valence-corrected chi connectivity index (χ3v) is 5.45. The van der Waals surface area contributed by atoms with E-state index in [4.69, 9.17) is 19.2 Å². The molecule has 1 aromatic heterocycles. The summed E-state index contributed by atoms with van der Waals surface area (Å²) in [5.41, 5.74) is 3.74.